The molecule has 0 aliphatic heterocycles. The summed E-state index contributed by atoms with van der Waals surface area (Å²) in [6.07, 6.45) is 9.05. The van der Waals surface area contributed by atoms with Gasteiger partial charge in [0.1, 0.15) is 18.5 Å². The maximum Gasteiger partial charge on any atom is 0.122 e. The van der Waals surface area contributed by atoms with E-state index < -0.39 is 6.10 Å². The van der Waals surface area contributed by atoms with Crippen molar-refractivity contribution in [3.63, 3.8) is 0 Å². The van der Waals surface area contributed by atoms with Crippen LogP contribution in [0.5, 0.6) is 5.75 Å². The van der Waals surface area contributed by atoms with Crippen LogP contribution < -0.4 is 4.74 Å². The number of hydrogen-bond donors (Lipinski definition) is 1. The van der Waals surface area contributed by atoms with Crippen molar-refractivity contribution < 1.29 is 9.84 Å². The molecule has 0 aliphatic carbocycles. The van der Waals surface area contributed by atoms with E-state index in [1.54, 1.807) is 12.5 Å². The number of imidazole rings is 1. The number of aryl methyl sites for hydroxylation is 2. The lowest BCUT2D eigenvalue weighted by molar-refractivity contribution is 0.0920. The first kappa shape index (κ1) is 21.0. The average Bonchev–Trinajstić information content (AvgIpc) is 3.18. The van der Waals surface area contributed by atoms with Gasteiger partial charge in [0, 0.05) is 12.4 Å². The topological polar surface area (TPSA) is 47.3 Å². The molecular weight excluding hydrogens is 360 g/mol. The minimum Gasteiger partial charge on any atom is -0.491 e. The van der Waals surface area contributed by atoms with Gasteiger partial charge < -0.3 is 14.4 Å². The van der Waals surface area contributed by atoms with Gasteiger partial charge in [-0.25, -0.2) is 4.98 Å². The van der Waals surface area contributed by atoms with Gasteiger partial charge in [-0.05, 0) is 42.9 Å². The van der Waals surface area contributed by atoms with Gasteiger partial charge >= 0.3 is 0 Å². The van der Waals surface area contributed by atoms with Crippen molar-refractivity contribution in [1.29, 1.82) is 0 Å². The Kier molecular flexibility index (Phi) is 8.89. The van der Waals surface area contributed by atoms with Crippen LogP contribution in [-0.4, -0.2) is 27.4 Å². The number of nitrogens with zero attached hydrogens (tertiary/aromatic N) is 2. The highest BCUT2D eigenvalue weighted by Crippen LogP contribution is 2.21. The predicted molar refractivity (Wildman–Crippen MR) is 111 cm³/mol. The Bertz CT molecular complexity index is 763. The number of unbranched alkanes of at least 4 members (excludes halogenated alkanes) is 1. The lowest BCUT2D eigenvalue weighted by Gasteiger charge is -2.15. The molecule has 0 saturated heterocycles. The Morgan fingerprint density at radius 2 is 1.70 bits per heavy atom. The van der Waals surface area contributed by atoms with Crippen molar-refractivity contribution in [3.8, 4) is 5.75 Å². The maximum atomic E-state index is 10.1. The fourth-order valence-corrected chi connectivity index (χ4v) is 3.02. The Balaban J connectivity index is 0.00000261. The summed E-state index contributed by atoms with van der Waals surface area (Å²) in [5.41, 5.74) is 2.59. The van der Waals surface area contributed by atoms with Crippen molar-refractivity contribution in [1.82, 2.24) is 9.55 Å². The van der Waals surface area contributed by atoms with Gasteiger partial charge in [-0.3, -0.25) is 0 Å². The van der Waals surface area contributed by atoms with Crippen LogP contribution in [0.4, 0.5) is 0 Å². The number of ether oxygens (including phenoxy) is 1. The first-order valence-corrected chi connectivity index (χ1v) is 9.19. The molecule has 0 radical (unpaired) electrons. The molecule has 3 aromatic rings. The molecule has 144 valence electrons. The van der Waals surface area contributed by atoms with E-state index in [0.29, 0.717) is 6.54 Å². The quantitative estimate of drug-likeness (QED) is 0.528. The van der Waals surface area contributed by atoms with Gasteiger partial charge in [0.15, 0.2) is 0 Å². The van der Waals surface area contributed by atoms with Crippen LogP contribution in [0.25, 0.3) is 0 Å². The highest BCUT2D eigenvalue weighted by atomic mass is 35.5. The predicted octanol–water partition coefficient (Wildman–Crippen LogP) is 4.31. The largest absolute Gasteiger partial charge is 0.491 e. The molecular formula is C22H27ClN2O2. The van der Waals surface area contributed by atoms with Crippen LogP contribution in [0.2, 0.25) is 0 Å². The van der Waals surface area contributed by atoms with Gasteiger partial charge in [0.2, 0.25) is 0 Å². The first-order valence-electron chi connectivity index (χ1n) is 9.19. The Morgan fingerprint density at radius 3 is 2.48 bits per heavy atom. The fraction of sp³-hybridized carbons (Fsp3) is 0.318. The standard InChI is InChI=1S/C22H26N2O2.ClH/c25-21(16-24-15-14-23-18-24)17-26-22-13-7-6-12-20(22)11-5-4-10-19-8-2-1-3-9-19;/h1-3,6-9,12-15,18,21,25H,4-5,10-11,16-17H2;1H. The second-order valence-electron chi connectivity index (χ2n) is 6.52. The molecule has 5 heteroatoms. The lowest BCUT2D eigenvalue weighted by Crippen LogP contribution is -2.23. The monoisotopic (exact) mass is 386 g/mol. The van der Waals surface area contributed by atoms with Crippen molar-refractivity contribution in [2.24, 2.45) is 0 Å². The third kappa shape index (κ3) is 7.08. The molecule has 3 rings (SSSR count). The molecule has 27 heavy (non-hydrogen) atoms. The molecule has 0 saturated carbocycles. The molecule has 0 aliphatic rings. The normalized spacial score (nSPS) is 11.6. The molecule has 1 heterocycles. The van der Waals surface area contributed by atoms with E-state index in [2.05, 4.69) is 41.4 Å². The summed E-state index contributed by atoms with van der Waals surface area (Å²) in [7, 11) is 0. The van der Waals surface area contributed by atoms with Crippen molar-refractivity contribution in [2.45, 2.75) is 38.3 Å². The summed E-state index contributed by atoms with van der Waals surface area (Å²) in [5.74, 6) is 0.872. The highest BCUT2D eigenvalue weighted by molar-refractivity contribution is 5.85. The van der Waals surface area contributed by atoms with Crippen LogP contribution >= 0.6 is 12.4 Å². The maximum absolute atomic E-state index is 10.1. The molecule has 0 fully saturated rings. The molecule has 0 amide bonds. The van der Waals surface area contributed by atoms with Crippen molar-refractivity contribution in [2.75, 3.05) is 6.61 Å². The van der Waals surface area contributed by atoms with Gasteiger partial charge in [-0.1, -0.05) is 48.5 Å². The second kappa shape index (κ2) is 11.4. The summed E-state index contributed by atoms with van der Waals surface area (Å²) in [5, 5.41) is 10.1. The molecule has 1 aromatic heterocycles. The molecule has 1 atom stereocenters. The van der Waals surface area contributed by atoms with Crippen LogP contribution in [0, 0.1) is 0 Å². The van der Waals surface area contributed by atoms with E-state index in [-0.39, 0.29) is 19.0 Å². The van der Waals surface area contributed by atoms with E-state index in [1.165, 1.54) is 11.1 Å². The average molecular weight is 387 g/mol. The number of halogens is 1. The van der Waals surface area contributed by atoms with Crippen LogP contribution in [0.3, 0.4) is 0 Å². The molecule has 2 aromatic carbocycles. The lowest BCUT2D eigenvalue weighted by atomic mass is 10.0. The summed E-state index contributed by atoms with van der Waals surface area (Å²) < 4.78 is 7.73. The highest BCUT2D eigenvalue weighted by Gasteiger charge is 2.09. The first-order chi connectivity index (χ1) is 12.8. The number of aromatic nitrogens is 2. The zero-order valence-electron chi connectivity index (χ0n) is 15.4. The summed E-state index contributed by atoms with van der Waals surface area (Å²) >= 11 is 0. The number of para-hydroxylation sites is 1. The van der Waals surface area contributed by atoms with Crippen LogP contribution in [0.15, 0.2) is 73.3 Å². The summed E-state index contributed by atoms with van der Waals surface area (Å²) in [6.45, 7) is 0.762. The van der Waals surface area contributed by atoms with E-state index in [1.807, 2.05) is 29.0 Å². The zero-order valence-corrected chi connectivity index (χ0v) is 16.2. The fourth-order valence-electron chi connectivity index (χ4n) is 3.02. The summed E-state index contributed by atoms with van der Waals surface area (Å²) in [6, 6.07) is 18.7. The number of benzene rings is 2. The van der Waals surface area contributed by atoms with Gasteiger partial charge in [0.05, 0.1) is 12.9 Å². The van der Waals surface area contributed by atoms with E-state index in [0.717, 1.165) is 31.4 Å². The SMILES string of the molecule is Cl.OC(COc1ccccc1CCCCc1ccccc1)Cn1ccnc1. The minimum absolute atomic E-state index is 0. The van der Waals surface area contributed by atoms with Gasteiger partial charge in [-0.2, -0.15) is 0 Å². The molecule has 1 unspecified atom stereocenters. The van der Waals surface area contributed by atoms with Gasteiger partial charge in [0.25, 0.3) is 0 Å². The number of rotatable bonds is 10. The molecule has 0 bridgehead atoms. The third-order valence-electron chi connectivity index (χ3n) is 4.39. The second-order valence-corrected chi connectivity index (χ2v) is 6.52. The van der Waals surface area contributed by atoms with Crippen LogP contribution in [-0.2, 0) is 19.4 Å². The molecule has 1 N–H and O–H groups in total. The minimum atomic E-state index is -0.560. The summed E-state index contributed by atoms with van der Waals surface area (Å²) in [4.78, 5) is 3.98. The van der Waals surface area contributed by atoms with E-state index in [4.69, 9.17) is 4.74 Å². The van der Waals surface area contributed by atoms with Crippen LogP contribution in [0.1, 0.15) is 24.0 Å². The number of aliphatic hydroxyl groups excluding tert-OH is 1. The zero-order chi connectivity index (χ0) is 18.0. The molecule has 0 spiro atoms. The Labute approximate surface area is 167 Å². The van der Waals surface area contributed by atoms with E-state index in [9.17, 15) is 5.11 Å². The number of aliphatic hydroxyl groups is 1. The molecule has 4 nitrogen and oxygen atoms in total. The Morgan fingerprint density at radius 1 is 0.963 bits per heavy atom. The third-order valence-corrected chi connectivity index (χ3v) is 4.39. The van der Waals surface area contributed by atoms with Crippen molar-refractivity contribution in [3.05, 3.63) is 84.4 Å². The number of hydrogen-bond acceptors (Lipinski definition) is 3. The smallest absolute Gasteiger partial charge is 0.122 e. The Hall–Kier alpha value is -2.30. The van der Waals surface area contributed by atoms with E-state index >= 15 is 0 Å². The van der Waals surface area contributed by atoms with Crippen molar-refractivity contribution >= 4 is 12.4 Å². The van der Waals surface area contributed by atoms with Gasteiger partial charge in [-0.15, -0.1) is 12.4 Å².